The number of alkyl halides is 3. The van der Waals surface area contributed by atoms with Crippen molar-refractivity contribution in [1.29, 1.82) is 0 Å². The van der Waals surface area contributed by atoms with E-state index < -0.39 is 11.7 Å². The Morgan fingerprint density at radius 2 is 2.00 bits per heavy atom. The van der Waals surface area contributed by atoms with Crippen LogP contribution in [-0.4, -0.2) is 31.8 Å². The van der Waals surface area contributed by atoms with E-state index in [2.05, 4.69) is 37.4 Å². The van der Waals surface area contributed by atoms with E-state index >= 15 is 0 Å². The third kappa shape index (κ3) is 3.80. The first-order chi connectivity index (χ1) is 12.5. The highest BCUT2D eigenvalue weighted by Gasteiger charge is 2.49. The zero-order valence-electron chi connectivity index (χ0n) is 15.9. The monoisotopic (exact) mass is 378 g/mol. The van der Waals surface area contributed by atoms with Gasteiger partial charge in [-0.3, -0.25) is 9.79 Å². The van der Waals surface area contributed by atoms with E-state index in [9.17, 15) is 18.0 Å². The van der Waals surface area contributed by atoms with Gasteiger partial charge in [0.2, 0.25) is 0 Å². The first-order valence-electron chi connectivity index (χ1n) is 9.08. The summed E-state index contributed by atoms with van der Waals surface area (Å²) in [5, 5.41) is 0. The molecule has 2 fully saturated rings. The number of allylic oxidation sites excluding steroid dienone is 2. The van der Waals surface area contributed by atoms with Gasteiger partial charge < -0.3 is 4.90 Å². The van der Waals surface area contributed by atoms with Gasteiger partial charge in [-0.05, 0) is 61.1 Å². The molecule has 6 heteroatoms. The van der Waals surface area contributed by atoms with Gasteiger partial charge in [0.25, 0.3) is 0 Å². The van der Waals surface area contributed by atoms with Gasteiger partial charge in [-0.2, -0.15) is 13.2 Å². The summed E-state index contributed by atoms with van der Waals surface area (Å²) in [5.74, 6) is 0. The van der Waals surface area contributed by atoms with Crippen molar-refractivity contribution in [1.82, 2.24) is 0 Å². The topological polar surface area (TPSA) is 32.7 Å². The molecule has 1 aliphatic carbocycles. The fourth-order valence-electron chi connectivity index (χ4n) is 5.22. The van der Waals surface area contributed by atoms with Crippen molar-refractivity contribution in [2.75, 3.05) is 11.4 Å². The summed E-state index contributed by atoms with van der Waals surface area (Å²) in [5.41, 5.74) is 0.144. The molecule has 0 N–H and O–H groups in total. The lowest BCUT2D eigenvalue weighted by Gasteiger charge is -2.39. The first kappa shape index (κ1) is 19.6. The number of halogens is 3. The lowest BCUT2D eigenvalue weighted by atomic mass is 9.65. The van der Waals surface area contributed by atoms with Crippen molar-refractivity contribution in [3.05, 3.63) is 29.8 Å². The number of nitrogens with zero attached hydrogens (tertiary/aromatic N) is 2. The van der Waals surface area contributed by atoms with Gasteiger partial charge >= 0.3 is 6.18 Å². The summed E-state index contributed by atoms with van der Waals surface area (Å²) in [6.45, 7) is 11.0. The van der Waals surface area contributed by atoms with E-state index in [4.69, 9.17) is 0 Å². The summed E-state index contributed by atoms with van der Waals surface area (Å²) in [7, 11) is 0. The molecule has 2 bridgehead atoms. The fourth-order valence-corrected chi connectivity index (χ4v) is 5.22. The smallest absolute Gasteiger partial charge is 0.368 e. The molecule has 1 aromatic rings. The molecule has 27 heavy (non-hydrogen) atoms. The Balaban J connectivity index is 2.05. The summed E-state index contributed by atoms with van der Waals surface area (Å²) in [6, 6.07) is 5.17. The van der Waals surface area contributed by atoms with Crippen LogP contribution < -0.4 is 4.90 Å². The first-order valence-corrected chi connectivity index (χ1v) is 9.08. The standard InChI is InChI=1S/C21H25F3N2O/c1-19(2)10-15-11-20(3,12-19)13-26(15)14-5-6-18(25-4)16(9-14)17(7-8-27)21(22,23)24/h5-9,15H,4,10-13H2,1-3H3/b17-7+. The van der Waals surface area contributed by atoms with Gasteiger partial charge in [-0.15, -0.1) is 0 Å². The Hall–Kier alpha value is -2.11. The number of hydrogen-bond donors (Lipinski definition) is 0. The molecule has 3 rings (SSSR count). The van der Waals surface area contributed by atoms with E-state index in [0.29, 0.717) is 12.1 Å². The predicted octanol–water partition coefficient (Wildman–Crippen LogP) is 5.57. The van der Waals surface area contributed by atoms with Crippen molar-refractivity contribution < 1.29 is 18.0 Å². The summed E-state index contributed by atoms with van der Waals surface area (Å²) < 4.78 is 40.5. The van der Waals surface area contributed by atoms with Crippen LogP contribution in [0.25, 0.3) is 5.57 Å². The Bertz CT molecular complexity index is 797. The Morgan fingerprint density at radius 3 is 2.59 bits per heavy atom. The number of aldehydes is 1. The molecule has 0 radical (unpaired) electrons. The second kappa shape index (κ2) is 6.50. The molecule has 1 heterocycles. The van der Waals surface area contributed by atoms with Crippen molar-refractivity contribution in [2.24, 2.45) is 15.8 Å². The van der Waals surface area contributed by atoms with E-state index in [0.717, 1.165) is 31.5 Å². The predicted molar refractivity (Wildman–Crippen MR) is 103 cm³/mol. The number of hydrogen-bond acceptors (Lipinski definition) is 3. The average molecular weight is 378 g/mol. The van der Waals surface area contributed by atoms with Crippen molar-refractivity contribution in [3.8, 4) is 0 Å². The number of carbonyl (C=O) groups is 1. The molecular formula is C21H25F3N2O. The molecule has 146 valence electrons. The molecule has 1 aliphatic heterocycles. The number of benzene rings is 1. The Labute approximate surface area is 158 Å². The molecule has 3 nitrogen and oxygen atoms in total. The van der Waals surface area contributed by atoms with Crippen molar-refractivity contribution >= 4 is 30.0 Å². The third-order valence-electron chi connectivity index (χ3n) is 5.73. The van der Waals surface area contributed by atoms with Crippen LogP contribution in [0.15, 0.2) is 29.3 Å². The zero-order chi connectivity index (χ0) is 20.0. The lowest BCUT2D eigenvalue weighted by molar-refractivity contribution is -0.104. The van der Waals surface area contributed by atoms with Gasteiger partial charge in [0.15, 0.2) is 0 Å². The minimum Gasteiger partial charge on any atom is -0.368 e. The van der Waals surface area contributed by atoms with Gasteiger partial charge in [0.05, 0.1) is 11.3 Å². The van der Waals surface area contributed by atoms with Crippen LogP contribution in [-0.2, 0) is 4.79 Å². The highest BCUT2D eigenvalue weighted by Crippen LogP contribution is 2.54. The van der Waals surface area contributed by atoms with Crippen molar-refractivity contribution in [3.63, 3.8) is 0 Å². The van der Waals surface area contributed by atoms with E-state index in [1.54, 1.807) is 12.1 Å². The van der Waals surface area contributed by atoms with E-state index in [-0.39, 0.29) is 28.4 Å². The van der Waals surface area contributed by atoms with Crippen LogP contribution in [0.5, 0.6) is 0 Å². The highest BCUT2D eigenvalue weighted by molar-refractivity contribution is 5.89. The molecule has 0 amide bonds. The van der Waals surface area contributed by atoms with E-state index in [1.165, 1.54) is 6.07 Å². The second-order valence-electron chi connectivity index (χ2n) is 8.92. The fraction of sp³-hybridized carbons (Fsp3) is 0.524. The number of rotatable bonds is 4. The highest BCUT2D eigenvalue weighted by atomic mass is 19.4. The molecule has 2 atom stereocenters. The number of carbonyl (C=O) groups excluding carboxylic acids is 1. The summed E-state index contributed by atoms with van der Waals surface area (Å²) in [6.07, 6.45) is -0.770. The maximum atomic E-state index is 13.5. The zero-order valence-corrected chi connectivity index (χ0v) is 15.9. The maximum Gasteiger partial charge on any atom is 0.417 e. The number of anilines is 1. The summed E-state index contributed by atoms with van der Waals surface area (Å²) in [4.78, 5) is 16.8. The molecule has 0 spiro atoms. The third-order valence-corrected chi connectivity index (χ3v) is 5.73. The van der Waals surface area contributed by atoms with Gasteiger partial charge in [-0.25, -0.2) is 0 Å². The number of fused-ring (bicyclic) bond motifs is 2. The number of aliphatic imine (C=N–C) groups is 1. The normalized spacial score (nSPS) is 27.6. The summed E-state index contributed by atoms with van der Waals surface area (Å²) >= 11 is 0. The Kier molecular flexibility index (Phi) is 4.73. The van der Waals surface area contributed by atoms with Crippen LogP contribution in [0.3, 0.4) is 0 Å². The lowest BCUT2D eigenvalue weighted by Crippen LogP contribution is -2.34. The van der Waals surface area contributed by atoms with Gasteiger partial charge in [-0.1, -0.05) is 20.8 Å². The minimum atomic E-state index is -4.64. The van der Waals surface area contributed by atoms with Crippen molar-refractivity contribution in [2.45, 2.75) is 52.3 Å². The maximum absolute atomic E-state index is 13.5. The van der Waals surface area contributed by atoms with Crippen LogP contribution in [0, 0.1) is 10.8 Å². The quantitative estimate of drug-likeness (QED) is 0.390. The van der Waals surface area contributed by atoms with Gasteiger partial charge in [0, 0.05) is 23.8 Å². The van der Waals surface area contributed by atoms with Gasteiger partial charge in [0.1, 0.15) is 6.29 Å². The Morgan fingerprint density at radius 1 is 1.30 bits per heavy atom. The van der Waals surface area contributed by atoms with Crippen LogP contribution >= 0.6 is 0 Å². The average Bonchev–Trinajstić information content (AvgIpc) is 2.80. The van der Waals surface area contributed by atoms with E-state index in [1.807, 2.05) is 0 Å². The molecule has 2 unspecified atom stereocenters. The van der Waals surface area contributed by atoms with Crippen LogP contribution in [0.1, 0.15) is 45.6 Å². The molecule has 2 aliphatic rings. The molecular weight excluding hydrogens is 353 g/mol. The molecule has 1 aromatic carbocycles. The second-order valence-corrected chi connectivity index (χ2v) is 8.92. The molecule has 0 aromatic heterocycles. The molecule has 1 saturated carbocycles. The molecule has 1 saturated heterocycles. The van der Waals surface area contributed by atoms with Crippen LogP contribution in [0.4, 0.5) is 24.5 Å². The van der Waals surface area contributed by atoms with Crippen LogP contribution in [0.2, 0.25) is 0 Å². The largest absolute Gasteiger partial charge is 0.417 e. The SMILES string of the molecule is C=Nc1ccc(N2CC3(C)CC2CC(C)(C)C3)cc1/C(=C\C=O)C(F)(F)F. The minimum absolute atomic E-state index is 0.104.